The molecular formula is C13H18ClNOS. The molecule has 0 heterocycles. The summed E-state index contributed by atoms with van der Waals surface area (Å²) in [6.07, 6.45) is 1.14. The molecule has 1 atom stereocenters. The van der Waals surface area contributed by atoms with Gasteiger partial charge in [0.05, 0.1) is 11.1 Å². The van der Waals surface area contributed by atoms with E-state index in [0.29, 0.717) is 21.7 Å². The highest BCUT2D eigenvalue weighted by Crippen LogP contribution is 2.27. The normalized spacial score (nSPS) is 12.5. The molecular weight excluding hydrogens is 254 g/mol. The van der Waals surface area contributed by atoms with E-state index in [4.69, 9.17) is 34.3 Å². The van der Waals surface area contributed by atoms with Crippen molar-refractivity contribution in [2.75, 3.05) is 0 Å². The Morgan fingerprint density at radius 2 is 2.06 bits per heavy atom. The monoisotopic (exact) mass is 271 g/mol. The molecule has 0 aliphatic carbocycles. The highest BCUT2D eigenvalue weighted by molar-refractivity contribution is 7.80. The fourth-order valence-electron chi connectivity index (χ4n) is 1.68. The second-order valence-corrected chi connectivity index (χ2v) is 5.41. The van der Waals surface area contributed by atoms with Crippen LogP contribution in [-0.4, -0.2) is 11.1 Å². The van der Waals surface area contributed by atoms with Gasteiger partial charge in [-0.05, 0) is 37.5 Å². The van der Waals surface area contributed by atoms with E-state index in [1.807, 2.05) is 19.1 Å². The third-order valence-electron chi connectivity index (χ3n) is 2.35. The molecule has 4 heteroatoms. The minimum Gasteiger partial charge on any atom is -0.489 e. The van der Waals surface area contributed by atoms with Gasteiger partial charge in [-0.25, -0.2) is 0 Å². The smallest absolute Gasteiger partial charge is 0.138 e. The molecule has 1 rings (SSSR count). The predicted molar refractivity (Wildman–Crippen MR) is 76.9 cm³/mol. The Bertz CT molecular complexity index is 406. The lowest BCUT2D eigenvalue weighted by Gasteiger charge is -2.17. The van der Waals surface area contributed by atoms with E-state index in [9.17, 15) is 0 Å². The van der Waals surface area contributed by atoms with E-state index in [1.165, 1.54) is 0 Å². The maximum Gasteiger partial charge on any atom is 0.138 e. The Morgan fingerprint density at radius 3 is 2.53 bits per heavy atom. The zero-order valence-electron chi connectivity index (χ0n) is 10.4. The number of hydrogen-bond acceptors (Lipinski definition) is 2. The molecule has 0 aliphatic rings. The van der Waals surface area contributed by atoms with E-state index in [-0.39, 0.29) is 6.10 Å². The van der Waals surface area contributed by atoms with E-state index in [0.717, 1.165) is 12.0 Å². The SMILES string of the molecule is CC(C)CC(C)Oc1ccc(C(N)=S)cc1Cl. The molecule has 1 aromatic rings. The van der Waals surface area contributed by atoms with Crippen LogP contribution in [0, 0.1) is 5.92 Å². The number of hydrogen-bond donors (Lipinski definition) is 1. The molecule has 0 spiro atoms. The van der Waals surface area contributed by atoms with E-state index in [1.54, 1.807) is 6.07 Å². The van der Waals surface area contributed by atoms with Gasteiger partial charge in [0.25, 0.3) is 0 Å². The third-order valence-corrected chi connectivity index (χ3v) is 2.88. The second kappa shape index (κ2) is 6.22. The number of ether oxygens (including phenoxy) is 1. The van der Waals surface area contributed by atoms with Gasteiger partial charge in [0, 0.05) is 5.56 Å². The van der Waals surface area contributed by atoms with Gasteiger partial charge in [-0.3, -0.25) is 0 Å². The summed E-state index contributed by atoms with van der Waals surface area (Å²) < 4.78 is 5.77. The van der Waals surface area contributed by atoms with Crippen LogP contribution >= 0.6 is 23.8 Å². The van der Waals surface area contributed by atoms with Crippen molar-refractivity contribution >= 4 is 28.8 Å². The minimum absolute atomic E-state index is 0.142. The van der Waals surface area contributed by atoms with E-state index >= 15 is 0 Å². The van der Waals surface area contributed by atoms with Gasteiger partial charge >= 0.3 is 0 Å². The number of rotatable bonds is 5. The first kappa shape index (κ1) is 14.3. The Morgan fingerprint density at radius 1 is 1.41 bits per heavy atom. The van der Waals surface area contributed by atoms with Gasteiger partial charge in [0.2, 0.25) is 0 Å². The quantitative estimate of drug-likeness (QED) is 0.828. The van der Waals surface area contributed by atoms with Crippen molar-refractivity contribution in [1.29, 1.82) is 0 Å². The lowest BCUT2D eigenvalue weighted by Crippen LogP contribution is -2.15. The topological polar surface area (TPSA) is 35.2 Å². The van der Waals surface area contributed by atoms with Crippen LogP contribution in [0.25, 0.3) is 0 Å². The van der Waals surface area contributed by atoms with Crippen LogP contribution in [0.3, 0.4) is 0 Å². The highest BCUT2D eigenvalue weighted by atomic mass is 35.5. The van der Waals surface area contributed by atoms with Crippen molar-refractivity contribution < 1.29 is 4.74 Å². The summed E-state index contributed by atoms with van der Waals surface area (Å²) in [5, 5.41) is 0.547. The first-order valence-corrected chi connectivity index (χ1v) is 6.44. The fourth-order valence-corrected chi connectivity index (χ4v) is 2.03. The summed E-state index contributed by atoms with van der Waals surface area (Å²) in [5.41, 5.74) is 6.29. The summed E-state index contributed by atoms with van der Waals surface area (Å²) in [6, 6.07) is 5.38. The Labute approximate surface area is 113 Å². The standard InChI is InChI=1S/C13H18ClNOS/c1-8(2)6-9(3)16-12-5-4-10(13(15)17)7-11(12)14/h4-5,7-9H,6H2,1-3H3,(H2,15,17). The molecule has 0 saturated heterocycles. The van der Waals surface area contributed by atoms with Gasteiger partial charge in [-0.1, -0.05) is 37.7 Å². The molecule has 0 fully saturated rings. The van der Waals surface area contributed by atoms with Gasteiger partial charge in [-0.2, -0.15) is 0 Å². The van der Waals surface area contributed by atoms with Crippen molar-refractivity contribution in [3.05, 3.63) is 28.8 Å². The minimum atomic E-state index is 0.142. The molecule has 17 heavy (non-hydrogen) atoms. The Hall–Kier alpha value is -0.800. The summed E-state index contributed by atoms with van der Waals surface area (Å²) in [6.45, 7) is 6.37. The van der Waals surface area contributed by atoms with Crippen LogP contribution in [-0.2, 0) is 0 Å². The number of benzene rings is 1. The molecule has 2 N–H and O–H groups in total. The first-order chi connectivity index (χ1) is 7.90. The highest BCUT2D eigenvalue weighted by Gasteiger charge is 2.10. The molecule has 1 unspecified atom stereocenters. The van der Waals surface area contributed by atoms with Crippen LogP contribution in [0.1, 0.15) is 32.8 Å². The summed E-state index contributed by atoms with van der Waals surface area (Å²) >= 11 is 11.0. The van der Waals surface area contributed by atoms with Crippen molar-refractivity contribution in [3.63, 3.8) is 0 Å². The van der Waals surface area contributed by atoms with Crippen molar-refractivity contribution in [3.8, 4) is 5.75 Å². The molecule has 0 radical (unpaired) electrons. The molecule has 0 bridgehead atoms. The molecule has 0 amide bonds. The van der Waals surface area contributed by atoms with Crippen LogP contribution in [0.4, 0.5) is 0 Å². The average Bonchev–Trinajstić information content (AvgIpc) is 2.19. The van der Waals surface area contributed by atoms with Crippen LogP contribution in [0.15, 0.2) is 18.2 Å². The lowest BCUT2D eigenvalue weighted by atomic mass is 10.1. The summed E-state index contributed by atoms with van der Waals surface area (Å²) in [7, 11) is 0. The van der Waals surface area contributed by atoms with E-state index < -0.39 is 0 Å². The van der Waals surface area contributed by atoms with Gasteiger partial charge in [-0.15, -0.1) is 0 Å². The van der Waals surface area contributed by atoms with Gasteiger partial charge in [0.1, 0.15) is 10.7 Å². The molecule has 94 valence electrons. The maximum atomic E-state index is 6.11. The Balaban J connectivity index is 2.75. The molecule has 0 aliphatic heterocycles. The van der Waals surface area contributed by atoms with Crippen molar-refractivity contribution in [2.45, 2.75) is 33.3 Å². The third kappa shape index (κ3) is 4.52. The lowest BCUT2D eigenvalue weighted by molar-refractivity contribution is 0.193. The zero-order chi connectivity index (χ0) is 13.0. The van der Waals surface area contributed by atoms with Crippen molar-refractivity contribution in [1.82, 2.24) is 0 Å². The Kier molecular flexibility index (Phi) is 5.22. The van der Waals surface area contributed by atoms with E-state index in [2.05, 4.69) is 13.8 Å². The second-order valence-electron chi connectivity index (χ2n) is 4.57. The van der Waals surface area contributed by atoms with Crippen molar-refractivity contribution in [2.24, 2.45) is 11.7 Å². The largest absolute Gasteiger partial charge is 0.489 e. The maximum absolute atomic E-state index is 6.11. The fraction of sp³-hybridized carbons (Fsp3) is 0.462. The molecule has 0 saturated carbocycles. The summed E-state index contributed by atoms with van der Waals surface area (Å²) in [4.78, 5) is 0.341. The molecule has 2 nitrogen and oxygen atoms in total. The number of thiocarbonyl (C=S) groups is 1. The zero-order valence-corrected chi connectivity index (χ0v) is 11.9. The first-order valence-electron chi connectivity index (χ1n) is 5.66. The molecule has 1 aromatic carbocycles. The van der Waals surface area contributed by atoms with Crippen LogP contribution in [0.5, 0.6) is 5.75 Å². The number of halogens is 1. The van der Waals surface area contributed by atoms with Crippen LogP contribution in [0.2, 0.25) is 5.02 Å². The average molecular weight is 272 g/mol. The summed E-state index contributed by atoms with van der Waals surface area (Å²) in [5.74, 6) is 1.28. The van der Waals surface area contributed by atoms with Crippen LogP contribution < -0.4 is 10.5 Å². The van der Waals surface area contributed by atoms with Gasteiger partial charge < -0.3 is 10.5 Å². The van der Waals surface area contributed by atoms with Gasteiger partial charge in [0.15, 0.2) is 0 Å². The predicted octanol–water partition coefficient (Wildman–Crippen LogP) is 3.79. The number of nitrogens with two attached hydrogens (primary N) is 1. The molecule has 0 aromatic heterocycles.